The lowest BCUT2D eigenvalue weighted by atomic mass is 10.1. The molecule has 0 aliphatic carbocycles. The highest BCUT2D eigenvalue weighted by atomic mass is 16.5. The van der Waals surface area contributed by atoms with E-state index in [-0.39, 0.29) is 6.04 Å². The third kappa shape index (κ3) is 4.55. The molecule has 0 saturated carbocycles. The normalized spacial score (nSPS) is 17.1. The Labute approximate surface area is 149 Å². The maximum Gasteiger partial charge on any atom is 0.320 e. The summed E-state index contributed by atoms with van der Waals surface area (Å²) in [6.45, 7) is 5.86. The predicted octanol–water partition coefficient (Wildman–Crippen LogP) is 1.69. The standard InChI is InChI=1S/C18H28N2O5/c1-5-14(18(21)22)20-8-6-19(7-9-20)12-13-10-15(23-2)17(25-4)16(11-13)24-3/h10-11,14H,5-9,12H2,1-4H3,(H,21,22). The van der Waals surface area contributed by atoms with Gasteiger partial charge in [-0.3, -0.25) is 14.6 Å². The summed E-state index contributed by atoms with van der Waals surface area (Å²) in [6.07, 6.45) is 0.627. The highest BCUT2D eigenvalue weighted by Gasteiger charge is 2.27. The first-order valence-corrected chi connectivity index (χ1v) is 8.52. The molecule has 7 nitrogen and oxygen atoms in total. The zero-order valence-electron chi connectivity index (χ0n) is 15.4. The van der Waals surface area contributed by atoms with Crippen LogP contribution in [0.2, 0.25) is 0 Å². The third-order valence-corrected chi connectivity index (χ3v) is 4.65. The molecule has 140 valence electrons. The molecule has 1 aromatic carbocycles. The number of hydrogen-bond acceptors (Lipinski definition) is 6. The Morgan fingerprint density at radius 1 is 1.08 bits per heavy atom. The van der Waals surface area contributed by atoms with Gasteiger partial charge in [0.25, 0.3) is 0 Å². The lowest BCUT2D eigenvalue weighted by Gasteiger charge is -2.37. The molecular formula is C18H28N2O5. The van der Waals surface area contributed by atoms with E-state index < -0.39 is 5.97 Å². The molecule has 1 saturated heterocycles. The van der Waals surface area contributed by atoms with Crippen LogP contribution >= 0.6 is 0 Å². The quantitative estimate of drug-likeness (QED) is 0.763. The van der Waals surface area contributed by atoms with Crippen LogP contribution in [0.3, 0.4) is 0 Å². The van der Waals surface area contributed by atoms with Crippen LogP contribution in [0, 0.1) is 0 Å². The molecule has 1 aliphatic rings. The van der Waals surface area contributed by atoms with Crippen LogP contribution in [-0.2, 0) is 11.3 Å². The summed E-state index contributed by atoms with van der Waals surface area (Å²) in [6, 6.07) is 3.53. The van der Waals surface area contributed by atoms with E-state index in [0.717, 1.165) is 38.3 Å². The monoisotopic (exact) mass is 352 g/mol. The Morgan fingerprint density at radius 3 is 2.04 bits per heavy atom. The Hall–Kier alpha value is -1.99. The van der Waals surface area contributed by atoms with E-state index in [4.69, 9.17) is 14.2 Å². The molecule has 2 rings (SSSR count). The molecule has 1 aliphatic heterocycles. The Balaban J connectivity index is 2.03. The molecule has 1 heterocycles. The molecule has 1 N–H and O–H groups in total. The zero-order valence-corrected chi connectivity index (χ0v) is 15.4. The van der Waals surface area contributed by atoms with Gasteiger partial charge in [-0.2, -0.15) is 0 Å². The maximum atomic E-state index is 11.3. The molecule has 7 heteroatoms. The summed E-state index contributed by atoms with van der Waals surface area (Å²) >= 11 is 0. The van der Waals surface area contributed by atoms with Crippen LogP contribution in [0.15, 0.2) is 12.1 Å². The first-order chi connectivity index (χ1) is 12.0. The van der Waals surface area contributed by atoms with E-state index in [0.29, 0.717) is 23.7 Å². The summed E-state index contributed by atoms with van der Waals surface area (Å²) < 4.78 is 16.2. The van der Waals surface area contributed by atoms with Crippen molar-refractivity contribution in [2.24, 2.45) is 0 Å². The number of ether oxygens (including phenoxy) is 3. The van der Waals surface area contributed by atoms with Crippen molar-refractivity contribution in [1.29, 1.82) is 0 Å². The number of piperazine rings is 1. The molecule has 0 radical (unpaired) electrons. The molecule has 1 fully saturated rings. The van der Waals surface area contributed by atoms with Gasteiger partial charge in [0.15, 0.2) is 11.5 Å². The number of benzene rings is 1. The van der Waals surface area contributed by atoms with Crippen molar-refractivity contribution in [2.45, 2.75) is 25.9 Å². The van der Waals surface area contributed by atoms with Gasteiger partial charge in [-0.25, -0.2) is 0 Å². The van der Waals surface area contributed by atoms with Crippen LogP contribution in [0.1, 0.15) is 18.9 Å². The van der Waals surface area contributed by atoms with Gasteiger partial charge in [-0.15, -0.1) is 0 Å². The number of nitrogens with zero attached hydrogens (tertiary/aromatic N) is 2. The molecule has 1 aromatic rings. The lowest BCUT2D eigenvalue weighted by molar-refractivity contribution is -0.144. The van der Waals surface area contributed by atoms with Crippen LogP contribution < -0.4 is 14.2 Å². The minimum absolute atomic E-state index is 0.386. The van der Waals surface area contributed by atoms with Crippen molar-refractivity contribution in [1.82, 2.24) is 9.80 Å². The van der Waals surface area contributed by atoms with Gasteiger partial charge in [0.2, 0.25) is 5.75 Å². The number of carbonyl (C=O) groups is 1. The van der Waals surface area contributed by atoms with Gasteiger partial charge in [0, 0.05) is 32.7 Å². The predicted molar refractivity (Wildman–Crippen MR) is 94.7 cm³/mol. The van der Waals surface area contributed by atoms with E-state index in [1.807, 2.05) is 24.0 Å². The Kier molecular flexibility index (Phi) is 6.90. The molecular weight excluding hydrogens is 324 g/mol. The van der Waals surface area contributed by atoms with Gasteiger partial charge in [0.05, 0.1) is 21.3 Å². The summed E-state index contributed by atoms with van der Waals surface area (Å²) in [5, 5.41) is 9.30. The van der Waals surface area contributed by atoms with Crippen molar-refractivity contribution < 1.29 is 24.1 Å². The van der Waals surface area contributed by atoms with E-state index in [9.17, 15) is 9.90 Å². The second-order valence-electron chi connectivity index (χ2n) is 6.11. The van der Waals surface area contributed by atoms with E-state index in [1.165, 1.54) is 0 Å². The number of rotatable bonds is 8. The minimum Gasteiger partial charge on any atom is -0.493 e. The molecule has 0 aromatic heterocycles. The Morgan fingerprint density at radius 2 is 1.64 bits per heavy atom. The zero-order chi connectivity index (χ0) is 18.4. The summed E-state index contributed by atoms with van der Waals surface area (Å²) in [4.78, 5) is 15.7. The van der Waals surface area contributed by atoms with Gasteiger partial charge in [-0.1, -0.05) is 6.92 Å². The van der Waals surface area contributed by atoms with Gasteiger partial charge < -0.3 is 19.3 Å². The fraction of sp³-hybridized carbons (Fsp3) is 0.611. The van der Waals surface area contributed by atoms with Gasteiger partial charge in [-0.05, 0) is 24.1 Å². The fourth-order valence-electron chi connectivity index (χ4n) is 3.31. The molecule has 0 spiro atoms. The van der Waals surface area contributed by atoms with E-state index in [2.05, 4.69) is 4.90 Å². The summed E-state index contributed by atoms with van der Waals surface area (Å²) in [5.41, 5.74) is 1.08. The second kappa shape index (κ2) is 8.92. The third-order valence-electron chi connectivity index (χ3n) is 4.65. The van der Waals surface area contributed by atoms with Crippen LogP contribution in [-0.4, -0.2) is 74.4 Å². The average molecular weight is 352 g/mol. The van der Waals surface area contributed by atoms with Crippen molar-refractivity contribution in [3.63, 3.8) is 0 Å². The molecule has 25 heavy (non-hydrogen) atoms. The number of carboxylic acids is 1. The van der Waals surface area contributed by atoms with Crippen molar-refractivity contribution in [3.8, 4) is 17.2 Å². The van der Waals surface area contributed by atoms with Crippen LogP contribution in [0.4, 0.5) is 0 Å². The second-order valence-corrected chi connectivity index (χ2v) is 6.11. The number of methoxy groups -OCH3 is 3. The molecule has 0 amide bonds. The summed E-state index contributed by atoms with van der Waals surface area (Å²) in [5.74, 6) is 1.14. The smallest absolute Gasteiger partial charge is 0.320 e. The molecule has 0 bridgehead atoms. The maximum absolute atomic E-state index is 11.3. The highest BCUT2D eigenvalue weighted by molar-refractivity contribution is 5.73. The van der Waals surface area contributed by atoms with E-state index in [1.54, 1.807) is 21.3 Å². The number of carboxylic acid groups (broad SMARTS) is 1. The SMILES string of the molecule is CCC(C(=O)O)N1CCN(Cc2cc(OC)c(OC)c(OC)c2)CC1. The number of aliphatic carboxylic acids is 1. The first kappa shape index (κ1) is 19.3. The van der Waals surface area contributed by atoms with Crippen molar-refractivity contribution >= 4 is 5.97 Å². The Bertz CT molecular complexity index is 560. The van der Waals surface area contributed by atoms with Crippen LogP contribution in [0.5, 0.6) is 17.2 Å². The van der Waals surface area contributed by atoms with Crippen molar-refractivity contribution in [2.75, 3.05) is 47.5 Å². The van der Waals surface area contributed by atoms with Crippen LogP contribution in [0.25, 0.3) is 0 Å². The molecule has 1 atom stereocenters. The number of hydrogen-bond donors (Lipinski definition) is 1. The topological polar surface area (TPSA) is 71.5 Å². The van der Waals surface area contributed by atoms with Gasteiger partial charge in [0.1, 0.15) is 6.04 Å². The van der Waals surface area contributed by atoms with Gasteiger partial charge >= 0.3 is 5.97 Å². The lowest BCUT2D eigenvalue weighted by Crippen LogP contribution is -2.52. The largest absolute Gasteiger partial charge is 0.493 e. The van der Waals surface area contributed by atoms with E-state index >= 15 is 0 Å². The van der Waals surface area contributed by atoms with Crippen molar-refractivity contribution in [3.05, 3.63) is 17.7 Å². The minimum atomic E-state index is -0.736. The average Bonchev–Trinajstić information content (AvgIpc) is 2.62. The first-order valence-electron chi connectivity index (χ1n) is 8.52. The fourth-order valence-corrected chi connectivity index (χ4v) is 3.31. The summed E-state index contributed by atoms with van der Waals surface area (Å²) in [7, 11) is 4.80. The molecule has 1 unspecified atom stereocenters. The highest BCUT2D eigenvalue weighted by Crippen LogP contribution is 2.38.